The highest BCUT2D eigenvalue weighted by atomic mass is 127. The van der Waals surface area contributed by atoms with Gasteiger partial charge in [-0.3, -0.25) is 4.99 Å². The second-order valence-electron chi connectivity index (χ2n) is 4.69. The van der Waals surface area contributed by atoms with Crippen molar-refractivity contribution in [3.8, 4) is 0 Å². The van der Waals surface area contributed by atoms with Crippen molar-refractivity contribution < 1.29 is 0 Å². The largest absolute Gasteiger partial charge is 0.354 e. The van der Waals surface area contributed by atoms with Crippen LogP contribution in [0.3, 0.4) is 0 Å². The Balaban J connectivity index is 0.00000324. The van der Waals surface area contributed by atoms with Gasteiger partial charge in [-0.25, -0.2) is 0 Å². The molecule has 0 aliphatic rings. The van der Waals surface area contributed by atoms with Gasteiger partial charge in [0.25, 0.3) is 0 Å². The van der Waals surface area contributed by atoms with Gasteiger partial charge < -0.3 is 10.6 Å². The van der Waals surface area contributed by atoms with E-state index in [1.54, 1.807) is 7.05 Å². The van der Waals surface area contributed by atoms with Gasteiger partial charge in [0.05, 0.1) is 0 Å². The standard InChI is InChI=1S/C14H22ClN3.HI/c1-10(2)11(3)18-14(16-4)17-9-12-7-5-6-8-13(12)15;/h5-8,10-11H,9H2,1-4H3,(H2,16,17,18);1H. The van der Waals surface area contributed by atoms with Gasteiger partial charge in [0.15, 0.2) is 5.96 Å². The van der Waals surface area contributed by atoms with Crippen molar-refractivity contribution in [2.24, 2.45) is 10.9 Å². The first-order valence-electron chi connectivity index (χ1n) is 6.25. The van der Waals surface area contributed by atoms with Crippen LogP contribution in [0.5, 0.6) is 0 Å². The second-order valence-corrected chi connectivity index (χ2v) is 5.10. The summed E-state index contributed by atoms with van der Waals surface area (Å²) in [7, 11) is 1.77. The third-order valence-electron chi connectivity index (χ3n) is 2.99. The van der Waals surface area contributed by atoms with Gasteiger partial charge in [-0.1, -0.05) is 43.6 Å². The van der Waals surface area contributed by atoms with Crippen molar-refractivity contribution in [2.75, 3.05) is 7.05 Å². The molecule has 19 heavy (non-hydrogen) atoms. The number of guanidine groups is 1. The molecule has 1 rings (SSSR count). The zero-order valence-corrected chi connectivity index (χ0v) is 15.0. The smallest absolute Gasteiger partial charge is 0.191 e. The fraction of sp³-hybridized carbons (Fsp3) is 0.500. The van der Waals surface area contributed by atoms with Gasteiger partial charge in [0.1, 0.15) is 0 Å². The van der Waals surface area contributed by atoms with Crippen molar-refractivity contribution >= 4 is 41.5 Å². The molecule has 5 heteroatoms. The quantitative estimate of drug-likeness (QED) is 0.464. The van der Waals surface area contributed by atoms with Crippen molar-refractivity contribution in [1.29, 1.82) is 0 Å². The maximum Gasteiger partial charge on any atom is 0.191 e. The zero-order chi connectivity index (χ0) is 13.5. The van der Waals surface area contributed by atoms with Crippen LogP contribution >= 0.6 is 35.6 Å². The Morgan fingerprint density at radius 3 is 2.42 bits per heavy atom. The lowest BCUT2D eigenvalue weighted by Gasteiger charge is -2.20. The number of nitrogens with one attached hydrogen (secondary N) is 2. The Morgan fingerprint density at radius 2 is 1.89 bits per heavy atom. The maximum atomic E-state index is 6.11. The molecule has 0 heterocycles. The molecule has 2 N–H and O–H groups in total. The van der Waals surface area contributed by atoms with E-state index in [2.05, 4.69) is 36.4 Å². The monoisotopic (exact) mass is 395 g/mol. The lowest BCUT2D eigenvalue weighted by atomic mass is 10.1. The Kier molecular flexibility index (Phi) is 9.18. The SMILES string of the molecule is CN=C(NCc1ccccc1Cl)NC(C)C(C)C.I. The molecule has 0 amide bonds. The Labute approximate surface area is 138 Å². The zero-order valence-electron chi connectivity index (χ0n) is 11.9. The summed E-state index contributed by atoms with van der Waals surface area (Å²) in [5.74, 6) is 1.36. The van der Waals surface area contributed by atoms with Crippen molar-refractivity contribution in [3.63, 3.8) is 0 Å². The van der Waals surface area contributed by atoms with Gasteiger partial charge in [0, 0.05) is 24.7 Å². The van der Waals surface area contributed by atoms with Crippen molar-refractivity contribution in [2.45, 2.75) is 33.4 Å². The highest BCUT2D eigenvalue weighted by Crippen LogP contribution is 2.14. The molecular formula is C14H23ClIN3. The van der Waals surface area contributed by atoms with Crippen LogP contribution in [-0.4, -0.2) is 19.0 Å². The number of nitrogens with zero attached hydrogens (tertiary/aromatic N) is 1. The van der Waals surface area contributed by atoms with Crippen LogP contribution in [0.15, 0.2) is 29.3 Å². The third-order valence-corrected chi connectivity index (χ3v) is 3.36. The van der Waals surface area contributed by atoms with E-state index in [4.69, 9.17) is 11.6 Å². The highest BCUT2D eigenvalue weighted by molar-refractivity contribution is 14.0. The first-order valence-corrected chi connectivity index (χ1v) is 6.63. The molecule has 1 aromatic carbocycles. The summed E-state index contributed by atoms with van der Waals surface area (Å²) in [5.41, 5.74) is 1.07. The molecule has 1 aromatic rings. The van der Waals surface area contributed by atoms with Gasteiger partial charge in [-0.15, -0.1) is 24.0 Å². The van der Waals surface area contributed by atoms with Crippen LogP contribution in [0.2, 0.25) is 5.02 Å². The average molecular weight is 396 g/mol. The molecule has 1 unspecified atom stereocenters. The minimum atomic E-state index is 0. The number of halogens is 2. The molecule has 0 saturated carbocycles. The number of benzene rings is 1. The van der Waals surface area contributed by atoms with E-state index in [-0.39, 0.29) is 24.0 Å². The molecule has 0 aliphatic carbocycles. The predicted molar refractivity (Wildman–Crippen MR) is 94.5 cm³/mol. The van der Waals surface area contributed by atoms with Crippen LogP contribution in [-0.2, 0) is 6.54 Å². The predicted octanol–water partition coefficient (Wildman–Crippen LogP) is 3.67. The summed E-state index contributed by atoms with van der Waals surface area (Å²) >= 11 is 6.11. The van der Waals surface area contributed by atoms with E-state index in [9.17, 15) is 0 Å². The summed E-state index contributed by atoms with van der Waals surface area (Å²) in [6, 6.07) is 8.19. The van der Waals surface area contributed by atoms with Crippen molar-refractivity contribution in [1.82, 2.24) is 10.6 Å². The molecule has 0 fully saturated rings. The van der Waals surface area contributed by atoms with Gasteiger partial charge in [-0.05, 0) is 24.5 Å². The van der Waals surface area contributed by atoms with Crippen LogP contribution < -0.4 is 10.6 Å². The summed E-state index contributed by atoms with van der Waals surface area (Å²) in [6.07, 6.45) is 0. The molecule has 0 bridgehead atoms. The van der Waals surface area contributed by atoms with Gasteiger partial charge in [0.2, 0.25) is 0 Å². The topological polar surface area (TPSA) is 36.4 Å². The molecule has 0 saturated heterocycles. The van der Waals surface area contributed by atoms with Crippen LogP contribution in [0.4, 0.5) is 0 Å². The minimum absolute atomic E-state index is 0. The summed E-state index contributed by atoms with van der Waals surface area (Å²) < 4.78 is 0. The van der Waals surface area contributed by atoms with Gasteiger partial charge in [-0.2, -0.15) is 0 Å². The molecule has 0 spiro atoms. The van der Waals surface area contributed by atoms with Gasteiger partial charge >= 0.3 is 0 Å². The first-order chi connectivity index (χ1) is 8.54. The number of hydrogen-bond acceptors (Lipinski definition) is 1. The van der Waals surface area contributed by atoms with E-state index in [0.29, 0.717) is 18.5 Å². The Bertz CT molecular complexity index is 407. The van der Waals surface area contributed by atoms with Crippen LogP contribution in [0.1, 0.15) is 26.3 Å². The summed E-state index contributed by atoms with van der Waals surface area (Å²) in [6.45, 7) is 7.18. The molecule has 0 radical (unpaired) electrons. The normalized spacial score (nSPS) is 12.8. The average Bonchev–Trinajstić information content (AvgIpc) is 2.35. The number of hydrogen-bond donors (Lipinski definition) is 2. The fourth-order valence-corrected chi connectivity index (χ4v) is 1.60. The molecule has 1 atom stereocenters. The third kappa shape index (κ3) is 6.47. The van der Waals surface area contributed by atoms with E-state index < -0.39 is 0 Å². The molecular weight excluding hydrogens is 373 g/mol. The van der Waals surface area contributed by atoms with E-state index in [1.807, 2.05) is 24.3 Å². The van der Waals surface area contributed by atoms with E-state index >= 15 is 0 Å². The maximum absolute atomic E-state index is 6.11. The van der Waals surface area contributed by atoms with E-state index in [0.717, 1.165) is 16.5 Å². The molecule has 0 aliphatic heterocycles. The second kappa shape index (κ2) is 9.42. The fourth-order valence-electron chi connectivity index (χ4n) is 1.40. The summed E-state index contributed by atoms with van der Waals surface area (Å²) in [5, 5.41) is 7.39. The Morgan fingerprint density at radius 1 is 1.26 bits per heavy atom. The van der Waals surface area contributed by atoms with Crippen LogP contribution in [0, 0.1) is 5.92 Å². The summed E-state index contributed by atoms with van der Waals surface area (Å²) in [4.78, 5) is 4.21. The highest BCUT2D eigenvalue weighted by Gasteiger charge is 2.09. The lowest BCUT2D eigenvalue weighted by Crippen LogP contribution is -2.43. The lowest BCUT2D eigenvalue weighted by molar-refractivity contribution is 0.481. The van der Waals surface area contributed by atoms with Crippen molar-refractivity contribution in [3.05, 3.63) is 34.9 Å². The molecule has 108 valence electrons. The number of aliphatic imine (C=N–C) groups is 1. The minimum Gasteiger partial charge on any atom is -0.354 e. The molecule has 0 aromatic heterocycles. The first kappa shape index (κ1) is 18.5. The van der Waals surface area contributed by atoms with Crippen LogP contribution in [0.25, 0.3) is 0 Å². The molecule has 3 nitrogen and oxygen atoms in total. The van der Waals surface area contributed by atoms with E-state index in [1.165, 1.54) is 0 Å². The Hall–Kier alpha value is -0.490. The number of rotatable bonds is 4.